The van der Waals surface area contributed by atoms with Crippen molar-refractivity contribution in [3.63, 3.8) is 0 Å². The van der Waals surface area contributed by atoms with Crippen LogP contribution in [0.1, 0.15) is 17.4 Å². The van der Waals surface area contributed by atoms with Crippen LogP contribution in [-0.2, 0) is 13.0 Å². The summed E-state index contributed by atoms with van der Waals surface area (Å²) in [6.45, 7) is 2.27. The number of hydrogen-bond acceptors (Lipinski definition) is 5. The number of thiazole rings is 1. The normalized spacial score (nSPS) is 12.1. The van der Waals surface area contributed by atoms with E-state index < -0.39 is 6.04 Å². The maximum Gasteiger partial charge on any atom is 0.214 e. The molecular formula is C13H14ClN3O2S. The second kappa shape index (κ2) is 6.67. The zero-order valence-corrected chi connectivity index (χ0v) is 12.4. The topological polar surface area (TPSA) is 68.1 Å². The summed E-state index contributed by atoms with van der Waals surface area (Å²) >= 11 is 7.20. The molecule has 1 unspecified atom stereocenters. The summed E-state index contributed by atoms with van der Waals surface area (Å²) in [6.07, 6.45) is 2.19. The van der Waals surface area contributed by atoms with Gasteiger partial charge in [-0.05, 0) is 17.7 Å². The highest BCUT2D eigenvalue weighted by Gasteiger charge is 2.13. The lowest BCUT2D eigenvalue weighted by atomic mass is 10.1. The Hall–Kier alpha value is -1.66. The van der Waals surface area contributed by atoms with Crippen molar-refractivity contribution in [3.8, 4) is 0 Å². The molecule has 0 amide bonds. The first-order chi connectivity index (χ1) is 9.54. The number of hydrogen-bond donors (Lipinski definition) is 1. The van der Waals surface area contributed by atoms with Gasteiger partial charge in [0.2, 0.25) is 6.04 Å². The van der Waals surface area contributed by atoms with Gasteiger partial charge in [-0.25, -0.2) is 4.98 Å². The molecule has 5 nitrogen and oxygen atoms in total. The van der Waals surface area contributed by atoms with Gasteiger partial charge in [0.1, 0.15) is 0 Å². The molecule has 0 saturated heterocycles. The Morgan fingerprint density at radius 3 is 2.70 bits per heavy atom. The molecule has 0 bridgehead atoms. The van der Waals surface area contributed by atoms with Crippen molar-refractivity contribution in [1.29, 1.82) is 0 Å². The van der Waals surface area contributed by atoms with Gasteiger partial charge in [-0.3, -0.25) is 10.1 Å². The van der Waals surface area contributed by atoms with Crippen molar-refractivity contribution in [1.82, 2.24) is 4.98 Å². The summed E-state index contributed by atoms with van der Waals surface area (Å²) in [5.74, 6) is 0. The quantitative estimate of drug-likeness (QED) is 0.653. The maximum absolute atomic E-state index is 10.6. The Kier molecular flexibility index (Phi) is 4.92. The molecule has 1 aromatic heterocycles. The highest BCUT2D eigenvalue weighted by atomic mass is 35.5. The van der Waals surface area contributed by atoms with Gasteiger partial charge in [-0.2, -0.15) is 0 Å². The molecule has 1 atom stereocenters. The van der Waals surface area contributed by atoms with Crippen molar-refractivity contribution < 1.29 is 4.92 Å². The predicted octanol–water partition coefficient (Wildman–Crippen LogP) is 3.62. The average molecular weight is 312 g/mol. The number of aromatic nitrogens is 1. The van der Waals surface area contributed by atoms with Gasteiger partial charge in [0.25, 0.3) is 0 Å². The van der Waals surface area contributed by atoms with Crippen LogP contribution in [0.2, 0.25) is 4.47 Å². The molecule has 0 aliphatic heterocycles. The third-order valence-corrected chi connectivity index (χ3v) is 3.95. The molecule has 1 N–H and O–H groups in total. The second-order valence-electron chi connectivity index (χ2n) is 4.47. The van der Waals surface area contributed by atoms with Gasteiger partial charge in [0.05, 0.1) is 6.54 Å². The number of benzene rings is 1. The molecule has 0 fully saturated rings. The smallest absolute Gasteiger partial charge is 0.214 e. The molecule has 1 heterocycles. The summed E-state index contributed by atoms with van der Waals surface area (Å²) in [5.41, 5.74) is 1.92. The molecule has 0 spiro atoms. The highest BCUT2D eigenvalue weighted by Crippen LogP contribution is 2.19. The summed E-state index contributed by atoms with van der Waals surface area (Å²) in [6, 6.07) is 7.09. The molecule has 0 aliphatic rings. The van der Waals surface area contributed by atoms with Gasteiger partial charge in [-0.15, -0.1) is 11.3 Å². The monoisotopic (exact) mass is 311 g/mol. The Morgan fingerprint density at radius 1 is 1.45 bits per heavy atom. The van der Waals surface area contributed by atoms with Crippen molar-refractivity contribution in [3.05, 3.63) is 55.5 Å². The molecule has 7 heteroatoms. The van der Waals surface area contributed by atoms with Gasteiger partial charge in [0, 0.05) is 35.0 Å². The molecule has 106 valence electrons. The lowest BCUT2D eigenvalue weighted by Crippen LogP contribution is -2.17. The van der Waals surface area contributed by atoms with E-state index in [-0.39, 0.29) is 4.92 Å². The molecule has 0 radical (unpaired) electrons. The molecule has 2 aromatic rings. The fraction of sp³-hybridized carbons (Fsp3) is 0.308. The van der Waals surface area contributed by atoms with Crippen LogP contribution in [0.3, 0.4) is 0 Å². The van der Waals surface area contributed by atoms with Gasteiger partial charge >= 0.3 is 0 Å². The third kappa shape index (κ3) is 4.18. The minimum Gasteiger partial charge on any atom is -0.380 e. The largest absolute Gasteiger partial charge is 0.380 e. The minimum absolute atomic E-state index is 0.264. The van der Waals surface area contributed by atoms with E-state index in [1.165, 1.54) is 11.3 Å². The Balaban J connectivity index is 1.89. The fourth-order valence-corrected chi connectivity index (χ4v) is 2.65. The summed E-state index contributed by atoms with van der Waals surface area (Å²) < 4.78 is 0.533. The molecular weight excluding hydrogens is 298 g/mol. The van der Waals surface area contributed by atoms with Crippen LogP contribution in [0.25, 0.3) is 0 Å². The molecule has 0 aliphatic carbocycles. The van der Waals surface area contributed by atoms with E-state index in [2.05, 4.69) is 10.3 Å². The minimum atomic E-state index is -0.562. The van der Waals surface area contributed by atoms with Crippen molar-refractivity contribution in [2.24, 2.45) is 0 Å². The van der Waals surface area contributed by atoms with Crippen LogP contribution in [-0.4, -0.2) is 15.9 Å². The van der Waals surface area contributed by atoms with Gasteiger partial charge < -0.3 is 5.32 Å². The summed E-state index contributed by atoms with van der Waals surface area (Å²) in [7, 11) is 0. The number of anilines is 1. The third-order valence-electron chi connectivity index (χ3n) is 2.84. The number of nitrogens with one attached hydrogen (secondary N) is 1. The number of nitrogens with zero attached hydrogens (tertiary/aromatic N) is 2. The molecule has 1 aromatic carbocycles. The first-order valence-corrected chi connectivity index (χ1v) is 7.30. The van der Waals surface area contributed by atoms with Crippen LogP contribution in [0.15, 0.2) is 30.5 Å². The predicted molar refractivity (Wildman–Crippen MR) is 81.1 cm³/mol. The summed E-state index contributed by atoms with van der Waals surface area (Å²) in [4.78, 5) is 15.4. The second-order valence-corrected chi connectivity index (χ2v) is 6.17. The Labute approximate surface area is 125 Å². The number of rotatable bonds is 6. The number of halogens is 1. The van der Waals surface area contributed by atoms with Gasteiger partial charge in [0.15, 0.2) is 4.47 Å². The van der Waals surface area contributed by atoms with E-state index >= 15 is 0 Å². The number of nitro groups is 1. The zero-order chi connectivity index (χ0) is 14.5. The molecule has 2 rings (SSSR count). The Bertz CT molecular complexity index is 586. The van der Waals surface area contributed by atoms with Crippen molar-refractivity contribution >= 4 is 28.6 Å². The first-order valence-electron chi connectivity index (χ1n) is 6.11. The highest BCUT2D eigenvalue weighted by molar-refractivity contribution is 7.15. The average Bonchev–Trinajstić information content (AvgIpc) is 2.83. The van der Waals surface area contributed by atoms with Gasteiger partial charge in [-0.1, -0.05) is 23.7 Å². The Morgan fingerprint density at radius 2 is 2.15 bits per heavy atom. The van der Waals surface area contributed by atoms with E-state index in [1.807, 2.05) is 24.3 Å². The van der Waals surface area contributed by atoms with Crippen LogP contribution in [0, 0.1) is 10.1 Å². The van der Waals surface area contributed by atoms with Crippen molar-refractivity contribution in [2.75, 3.05) is 5.32 Å². The lowest BCUT2D eigenvalue weighted by Gasteiger charge is -2.07. The van der Waals surface area contributed by atoms with E-state index in [1.54, 1.807) is 13.1 Å². The van der Waals surface area contributed by atoms with E-state index in [0.717, 1.165) is 16.1 Å². The fourth-order valence-electron chi connectivity index (χ4n) is 1.73. The summed E-state index contributed by atoms with van der Waals surface area (Å²) in [5, 5.41) is 13.9. The lowest BCUT2D eigenvalue weighted by molar-refractivity contribution is -0.517. The van der Waals surface area contributed by atoms with Crippen LogP contribution >= 0.6 is 22.9 Å². The van der Waals surface area contributed by atoms with Crippen molar-refractivity contribution in [2.45, 2.75) is 25.9 Å². The SMILES string of the molecule is CC(Cc1ccc(NCc2cnc(Cl)s2)cc1)[N+](=O)[O-]. The van der Waals surface area contributed by atoms with Crippen LogP contribution in [0.5, 0.6) is 0 Å². The van der Waals surface area contributed by atoms with E-state index in [4.69, 9.17) is 11.6 Å². The first kappa shape index (κ1) is 14.7. The maximum atomic E-state index is 10.6. The molecule has 0 saturated carbocycles. The zero-order valence-electron chi connectivity index (χ0n) is 10.9. The van der Waals surface area contributed by atoms with Crippen LogP contribution < -0.4 is 5.32 Å². The van der Waals surface area contributed by atoms with E-state index in [9.17, 15) is 10.1 Å². The van der Waals surface area contributed by atoms with E-state index in [0.29, 0.717) is 17.4 Å². The standard InChI is InChI=1S/C13H14ClN3O2S/c1-9(17(18)19)6-10-2-4-11(5-3-10)15-7-12-8-16-13(14)20-12/h2-5,8-9,15H,6-7H2,1H3. The van der Waals surface area contributed by atoms with Crippen LogP contribution in [0.4, 0.5) is 5.69 Å². The molecule has 20 heavy (non-hydrogen) atoms.